The molecule has 4 atom stereocenters. The van der Waals surface area contributed by atoms with Crippen LogP contribution >= 0.6 is 0 Å². The molecular weight excluding hydrogens is 412 g/mol. The first kappa shape index (κ1) is 25.6. The van der Waals surface area contributed by atoms with Crippen molar-refractivity contribution in [2.24, 2.45) is 17.3 Å². The van der Waals surface area contributed by atoms with Crippen LogP contribution in [0.25, 0.3) is 0 Å². The van der Waals surface area contributed by atoms with Crippen LogP contribution in [0.1, 0.15) is 54.4 Å². The highest BCUT2D eigenvalue weighted by Gasteiger charge is 2.60. The molecule has 0 aromatic heterocycles. The predicted octanol–water partition coefficient (Wildman–Crippen LogP) is 6.09. The molecule has 1 aliphatic heterocycles. The highest BCUT2D eigenvalue weighted by Crippen LogP contribution is 2.54. The van der Waals surface area contributed by atoms with Crippen molar-refractivity contribution in [2.75, 3.05) is 13.7 Å². The smallest absolute Gasteiger partial charge is 0.314 e. The Morgan fingerprint density at radius 1 is 1.07 bits per heavy atom. The van der Waals surface area contributed by atoms with Crippen LogP contribution in [0.4, 0.5) is 0 Å². The van der Waals surface area contributed by atoms with Gasteiger partial charge in [-0.2, -0.15) is 0 Å². The number of carbonyl (C=O) groups is 1. The molecule has 0 aromatic carbocycles. The molecule has 4 unspecified atom stereocenters. The Bertz CT molecular complexity index is 659. The molecule has 0 spiro atoms. The van der Waals surface area contributed by atoms with Crippen molar-refractivity contribution < 1.29 is 23.1 Å². The molecule has 2 aliphatic rings. The standard InChI is InChI=1S/C23H44O5Si2/c1-21(2,3)29(8,9)27-16-23(20(24)25-7)14-12-17-13-15-26-19(18(17)23)28-30(10,11)22(4,5)6/h13,15,17-19H,12,14,16H2,1-11H3. The number of methoxy groups -OCH3 is 1. The summed E-state index contributed by atoms with van der Waals surface area (Å²) in [6.07, 6.45) is 5.05. The fourth-order valence-electron chi connectivity index (χ4n) is 3.93. The van der Waals surface area contributed by atoms with E-state index in [4.69, 9.17) is 18.3 Å². The summed E-state index contributed by atoms with van der Waals surface area (Å²) in [6, 6.07) is 0. The molecule has 2 rings (SSSR count). The maximum Gasteiger partial charge on any atom is 0.314 e. The number of rotatable bonds is 6. The summed E-state index contributed by atoms with van der Waals surface area (Å²) in [5, 5.41) is 0.125. The quantitative estimate of drug-likeness (QED) is 0.358. The van der Waals surface area contributed by atoms with Crippen molar-refractivity contribution in [1.29, 1.82) is 0 Å². The van der Waals surface area contributed by atoms with E-state index in [2.05, 4.69) is 73.8 Å². The van der Waals surface area contributed by atoms with Crippen LogP contribution in [0, 0.1) is 17.3 Å². The highest BCUT2D eigenvalue weighted by molar-refractivity contribution is 6.74. The van der Waals surface area contributed by atoms with E-state index in [1.165, 1.54) is 7.11 Å². The zero-order valence-corrected chi connectivity index (χ0v) is 23.0. The normalized spacial score (nSPS) is 30.0. The molecule has 1 saturated carbocycles. The zero-order valence-electron chi connectivity index (χ0n) is 21.0. The number of carbonyl (C=O) groups excluding carboxylic acids is 1. The van der Waals surface area contributed by atoms with Gasteiger partial charge in [0.05, 0.1) is 25.4 Å². The minimum absolute atomic E-state index is 0.0528. The Hall–Kier alpha value is -0.636. The van der Waals surface area contributed by atoms with Crippen molar-refractivity contribution in [2.45, 2.75) is 96.9 Å². The van der Waals surface area contributed by atoms with Crippen molar-refractivity contribution in [3.63, 3.8) is 0 Å². The second-order valence-corrected chi connectivity index (χ2v) is 21.7. The molecule has 0 aromatic rings. The summed E-state index contributed by atoms with van der Waals surface area (Å²) in [7, 11) is -2.65. The van der Waals surface area contributed by atoms with Gasteiger partial charge in [0.15, 0.2) is 22.9 Å². The van der Waals surface area contributed by atoms with Crippen LogP contribution in [-0.4, -0.2) is 42.6 Å². The first-order valence-corrected chi connectivity index (χ1v) is 17.0. The molecule has 1 heterocycles. The van der Waals surface area contributed by atoms with E-state index < -0.39 is 28.3 Å². The van der Waals surface area contributed by atoms with Gasteiger partial charge in [0, 0.05) is 5.92 Å². The van der Waals surface area contributed by atoms with E-state index in [0.717, 1.165) is 12.8 Å². The summed E-state index contributed by atoms with van der Waals surface area (Å²) in [6.45, 7) is 22.6. The van der Waals surface area contributed by atoms with Crippen LogP contribution in [-0.2, 0) is 23.1 Å². The van der Waals surface area contributed by atoms with E-state index in [9.17, 15) is 4.79 Å². The first-order valence-electron chi connectivity index (χ1n) is 11.2. The summed E-state index contributed by atoms with van der Waals surface area (Å²) in [5.41, 5.74) is -0.743. The van der Waals surface area contributed by atoms with Crippen LogP contribution in [0.5, 0.6) is 0 Å². The number of hydrogen-bond donors (Lipinski definition) is 0. The van der Waals surface area contributed by atoms with E-state index in [-0.39, 0.29) is 27.9 Å². The topological polar surface area (TPSA) is 54.0 Å². The molecule has 174 valence electrons. The van der Waals surface area contributed by atoms with E-state index in [1.807, 2.05) is 0 Å². The van der Waals surface area contributed by atoms with Gasteiger partial charge < -0.3 is 18.3 Å². The second-order valence-electron chi connectivity index (χ2n) is 12.1. The lowest BCUT2D eigenvalue weighted by molar-refractivity contribution is -0.177. The lowest BCUT2D eigenvalue weighted by Crippen LogP contribution is -2.55. The lowest BCUT2D eigenvalue weighted by atomic mass is 9.74. The molecule has 0 radical (unpaired) electrons. The van der Waals surface area contributed by atoms with Crippen LogP contribution in [0.3, 0.4) is 0 Å². The summed E-state index contributed by atoms with van der Waals surface area (Å²) in [5.74, 6) is -0.0686. The second kappa shape index (κ2) is 8.37. The third-order valence-electron chi connectivity index (χ3n) is 8.16. The summed E-state index contributed by atoms with van der Waals surface area (Å²) in [4.78, 5) is 13.3. The monoisotopic (exact) mass is 456 g/mol. The number of esters is 1. The molecule has 5 nitrogen and oxygen atoms in total. The number of allylic oxidation sites excluding steroid dienone is 1. The molecular formula is C23H44O5Si2. The Kier molecular flexibility index (Phi) is 7.15. The molecule has 0 saturated heterocycles. The molecule has 7 heteroatoms. The fraction of sp³-hybridized carbons (Fsp3) is 0.870. The van der Waals surface area contributed by atoms with Crippen LogP contribution in [0.2, 0.25) is 36.3 Å². The minimum atomic E-state index is -2.09. The largest absolute Gasteiger partial charge is 0.473 e. The summed E-state index contributed by atoms with van der Waals surface area (Å²) < 4.78 is 24.7. The maximum atomic E-state index is 13.3. The Morgan fingerprint density at radius 2 is 1.63 bits per heavy atom. The van der Waals surface area contributed by atoms with E-state index in [0.29, 0.717) is 6.61 Å². The summed E-state index contributed by atoms with van der Waals surface area (Å²) >= 11 is 0. The van der Waals surface area contributed by atoms with Gasteiger partial charge in [-0.3, -0.25) is 4.79 Å². The SMILES string of the molecule is COC(=O)C1(CO[Si](C)(C)C(C)(C)C)CCC2C=COC(O[Si](C)(C)C(C)(C)C)C21. The van der Waals surface area contributed by atoms with Gasteiger partial charge in [-0.15, -0.1) is 0 Å². The molecule has 0 bridgehead atoms. The molecule has 0 amide bonds. The number of fused-ring (bicyclic) bond motifs is 1. The predicted molar refractivity (Wildman–Crippen MR) is 126 cm³/mol. The van der Waals surface area contributed by atoms with Gasteiger partial charge in [0.25, 0.3) is 0 Å². The average molecular weight is 457 g/mol. The average Bonchev–Trinajstić information content (AvgIpc) is 2.98. The minimum Gasteiger partial charge on any atom is -0.473 e. The van der Waals surface area contributed by atoms with Crippen molar-refractivity contribution in [3.05, 3.63) is 12.3 Å². The first-order chi connectivity index (χ1) is 13.5. The van der Waals surface area contributed by atoms with Gasteiger partial charge in [0.2, 0.25) is 0 Å². The Morgan fingerprint density at radius 3 is 2.13 bits per heavy atom. The van der Waals surface area contributed by atoms with E-state index >= 15 is 0 Å². The van der Waals surface area contributed by atoms with Crippen molar-refractivity contribution in [1.82, 2.24) is 0 Å². The lowest BCUT2D eigenvalue weighted by Gasteiger charge is -2.46. The number of ether oxygens (including phenoxy) is 2. The maximum absolute atomic E-state index is 13.3. The fourth-order valence-corrected chi connectivity index (χ4v) is 6.12. The number of hydrogen-bond acceptors (Lipinski definition) is 5. The van der Waals surface area contributed by atoms with Gasteiger partial charge in [-0.25, -0.2) is 0 Å². The molecule has 1 fully saturated rings. The molecule has 0 N–H and O–H groups in total. The van der Waals surface area contributed by atoms with Crippen molar-refractivity contribution >= 4 is 22.6 Å². The van der Waals surface area contributed by atoms with Crippen LogP contribution in [0.15, 0.2) is 12.3 Å². The Labute approximate surface area is 186 Å². The molecule has 1 aliphatic carbocycles. The van der Waals surface area contributed by atoms with Crippen LogP contribution < -0.4 is 0 Å². The third kappa shape index (κ3) is 4.74. The van der Waals surface area contributed by atoms with Gasteiger partial charge in [-0.05, 0) is 61.1 Å². The Balaban J connectivity index is 2.40. The molecule has 30 heavy (non-hydrogen) atoms. The van der Waals surface area contributed by atoms with Gasteiger partial charge in [-0.1, -0.05) is 41.5 Å². The van der Waals surface area contributed by atoms with Crippen molar-refractivity contribution in [3.8, 4) is 0 Å². The van der Waals surface area contributed by atoms with Gasteiger partial charge in [0.1, 0.15) is 0 Å². The van der Waals surface area contributed by atoms with Gasteiger partial charge >= 0.3 is 5.97 Å². The third-order valence-corrected chi connectivity index (χ3v) is 17.1. The zero-order chi connectivity index (χ0) is 23.2. The van der Waals surface area contributed by atoms with E-state index in [1.54, 1.807) is 6.26 Å². The highest BCUT2D eigenvalue weighted by atomic mass is 28.4.